The number of para-hydroxylation sites is 1. The molecule has 0 amide bonds. The Kier molecular flexibility index (Phi) is 4.00. The molecule has 90 valence electrons. The van der Waals surface area contributed by atoms with Gasteiger partial charge in [-0.2, -0.15) is 5.26 Å². The van der Waals surface area contributed by atoms with Gasteiger partial charge in [-0.05, 0) is 38.4 Å². The van der Waals surface area contributed by atoms with Gasteiger partial charge < -0.3 is 10.2 Å². The first-order valence-corrected chi connectivity index (χ1v) is 6.27. The Balaban J connectivity index is 2.26. The summed E-state index contributed by atoms with van der Waals surface area (Å²) in [6.45, 7) is 2.05. The topological polar surface area (TPSA) is 39.1 Å². The standard InChI is InChI=1S/C14H19N3/c1-16-11-13-7-4-5-9-17(13)14-8-3-2-6-12(14)10-15/h2-3,6,8,13,16H,4-5,7,9,11H2,1H3. The van der Waals surface area contributed by atoms with E-state index in [0.29, 0.717) is 6.04 Å². The van der Waals surface area contributed by atoms with E-state index in [-0.39, 0.29) is 0 Å². The minimum absolute atomic E-state index is 0.517. The predicted molar refractivity (Wildman–Crippen MR) is 70.1 cm³/mol. The third kappa shape index (κ3) is 2.59. The maximum Gasteiger partial charge on any atom is 0.101 e. The molecule has 1 heterocycles. The molecule has 3 heteroatoms. The van der Waals surface area contributed by atoms with Gasteiger partial charge in [0.05, 0.1) is 11.3 Å². The molecule has 1 atom stereocenters. The lowest BCUT2D eigenvalue weighted by Gasteiger charge is -2.38. The van der Waals surface area contributed by atoms with E-state index in [9.17, 15) is 5.26 Å². The Labute approximate surface area is 103 Å². The normalized spacial score (nSPS) is 20.0. The van der Waals surface area contributed by atoms with E-state index < -0.39 is 0 Å². The molecule has 3 nitrogen and oxygen atoms in total. The van der Waals surface area contributed by atoms with E-state index >= 15 is 0 Å². The second kappa shape index (κ2) is 5.70. The zero-order chi connectivity index (χ0) is 12.1. The fraction of sp³-hybridized carbons (Fsp3) is 0.500. The fourth-order valence-electron chi connectivity index (χ4n) is 2.58. The molecule has 1 saturated heterocycles. The maximum atomic E-state index is 9.17. The summed E-state index contributed by atoms with van der Waals surface area (Å²) in [6.07, 6.45) is 3.72. The van der Waals surface area contributed by atoms with Gasteiger partial charge in [0.25, 0.3) is 0 Å². The van der Waals surface area contributed by atoms with E-state index in [0.717, 1.165) is 24.3 Å². The molecular formula is C14H19N3. The van der Waals surface area contributed by atoms with Gasteiger partial charge in [-0.15, -0.1) is 0 Å². The Morgan fingerprint density at radius 1 is 1.41 bits per heavy atom. The van der Waals surface area contributed by atoms with Crippen LogP contribution in [0.2, 0.25) is 0 Å². The molecule has 0 radical (unpaired) electrons. The van der Waals surface area contributed by atoms with E-state index in [1.807, 2.05) is 25.2 Å². The highest BCUT2D eigenvalue weighted by molar-refractivity contribution is 5.60. The van der Waals surface area contributed by atoms with Gasteiger partial charge in [0.15, 0.2) is 0 Å². The zero-order valence-electron chi connectivity index (χ0n) is 10.3. The molecule has 0 spiro atoms. The van der Waals surface area contributed by atoms with Crippen molar-refractivity contribution in [2.24, 2.45) is 0 Å². The van der Waals surface area contributed by atoms with Crippen LogP contribution in [0.15, 0.2) is 24.3 Å². The van der Waals surface area contributed by atoms with Crippen molar-refractivity contribution in [2.75, 3.05) is 25.0 Å². The van der Waals surface area contributed by atoms with Crippen LogP contribution in [-0.2, 0) is 0 Å². The smallest absolute Gasteiger partial charge is 0.101 e. The van der Waals surface area contributed by atoms with Gasteiger partial charge in [0.2, 0.25) is 0 Å². The van der Waals surface area contributed by atoms with E-state index in [1.54, 1.807) is 0 Å². The molecule has 1 aliphatic rings. The molecule has 1 aliphatic heterocycles. The Morgan fingerprint density at radius 2 is 2.24 bits per heavy atom. The van der Waals surface area contributed by atoms with Crippen molar-refractivity contribution < 1.29 is 0 Å². The first-order valence-electron chi connectivity index (χ1n) is 6.27. The zero-order valence-corrected chi connectivity index (χ0v) is 10.3. The number of nitriles is 1. The summed E-state index contributed by atoms with van der Waals surface area (Å²) in [7, 11) is 1.99. The molecule has 0 saturated carbocycles. The van der Waals surface area contributed by atoms with Crippen LogP contribution in [0.3, 0.4) is 0 Å². The molecule has 1 N–H and O–H groups in total. The lowest BCUT2D eigenvalue weighted by atomic mass is 10.00. The number of nitrogens with one attached hydrogen (secondary N) is 1. The van der Waals surface area contributed by atoms with Crippen LogP contribution in [0.4, 0.5) is 5.69 Å². The second-order valence-electron chi connectivity index (χ2n) is 4.53. The van der Waals surface area contributed by atoms with Gasteiger partial charge in [-0.25, -0.2) is 0 Å². The molecule has 0 bridgehead atoms. The number of piperidine rings is 1. The molecule has 1 fully saturated rings. The van der Waals surface area contributed by atoms with E-state index in [4.69, 9.17) is 0 Å². The van der Waals surface area contributed by atoms with Crippen molar-refractivity contribution in [3.63, 3.8) is 0 Å². The number of nitrogens with zero attached hydrogens (tertiary/aromatic N) is 2. The number of hydrogen-bond acceptors (Lipinski definition) is 3. The molecule has 1 unspecified atom stereocenters. The van der Waals surface area contributed by atoms with Crippen molar-refractivity contribution in [2.45, 2.75) is 25.3 Å². The van der Waals surface area contributed by atoms with Crippen molar-refractivity contribution in [1.29, 1.82) is 5.26 Å². The molecule has 0 aromatic heterocycles. The van der Waals surface area contributed by atoms with Crippen LogP contribution in [0.1, 0.15) is 24.8 Å². The predicted octanol–water partition coefficient (Wildman–Crippen LogP) is 2.14. The quantitative estimate of drug-likeness (QED) is 0.863. The first-order chi connectivity index (χ1) is 8.36. The highest BCUT2D eigenvalue weighted by Crippen LogP contribution is 2.27. The van der Waals surface area contributed by atoms with Crippen LogP contribution < -0.4 is 10.2 Å². The summed E-state index contributed by atoms with van der Waals surface area (Å²) in [6, 6.07) is 10.7. The minimum Gasteiger partial charge on any atom is -0.366 e. The summed E-state index contributed by atoms with van der Waals surface area (Å²) in [5.74, 6) is 0. The largest absolute Gasteiger partial charge is 0.366 e. The summed E-state index contributed by atoms with van der Waals surface area (Å²) in [5.41, 5.74) is 1.88. The Bertz CT molecular complexity index is 406. The fourth-order valence-corrected chi connectivity index (χ4v) is 2.58. The van der Waals surface area contributed by atoms with E-state index in [1.165, 1.54) is 19.3 Å². The van der Waals surface area contributed by atoms with Crippen LogP contribution >= 0.6 is 0 Å². The Hall–Kier alpha value is -1.53. The van der Waals surface area contributed by atoms with Gasteiger partial charge >= 0.3 is 0 Å². The Morgan fingerprint density at radius 3 is 3.00 bits per heavy atom. The average Bonchev–Trinajstić information content (AvgIpc) is 2.40. The van der Waals surface area contributed by atoms with Crippen molar-refractivity contribution >= 4 is 5.69 Å². The van der Waals surface area contributed by atoms with Gasteiger partial charge in [-0.1, -0.05) is 12.1 Å². The van der Waals surface area contributed by atoms with Crippen molar-refractivity contribution in [3.8, 4) is 6.07 Å². The molecule has 1 aromatic rings. The highest BCUT2D eigenvalue weighted by atomic mass is 15.2. The summed E-state index contributed by atoms with van der Waals surface area (Å²) < 4.78 is 0. The van der Waals surface area contributed by atoms with Gasteiger partial charge in [0, 0.05) is 19.1 Å². The second-order valence-corrected chi connectivity index (χ2v) is 4.53. The van der Waals surface area contributed by atoms with Crippen molar-refractivity contribution in [3.05, 3.63) is 29.8 Å². The van der Waals surface area contributed by atoms with Crippen LogP contribution in [-0.4, -0.2) is 26.2 Å². The summed E-state index contributed by atoms with van der Waals surface area (Å²) in [4.78, 5) is 2.39. The number of likely N-dealkylation sites (N-methyl/N-ethyl adjacent to an activating group) is 1. The lowest BCUT2D eigenvalue weighted by molar-refractivity contribution is 0.446. The third-order valence-electron chi connectivity index (χ3n) is 3.40. The lowest BCUT2D eigenvalue weighted by Crippen LogP contribution is -2.45. The number of benzene rings is 1. The molecule has 0 aliphatic carbocycles. The highest BCUT2D eigenvalue weighted by Gasteiger charge is 2.23. The SMILES string of the molecule is CNCC1CCCCN1c1ccccc1C#N. The van der Waals surface area contributed by atoms with Crippen LogP contribution in [0.5, 0.6) is 0 Å². The maximum absolute atomic E-state index is 9.17. The van der Waals surface area contributed by atoms with Crippen LogP contribution in [0, 0.1) is 11.3 Å². The van der Waals surface area contributed by atoms with Crippen molar-refractivity contribution in [1.82, 2.24) is 5.32 Å². The minimum atomic E-state index is 0.517. The molecular weight excluding hydrogens is 210 g/mol. The van der Waals surface area contributed by atoms with Crippen LogP contribution in [0.25, 0.3) is 0 Å². The number of rotatable bonds is 3. The first kappa shape index (κ1) is 11.9. The van der Waals surface area contributed by atoms with E-state index in [2.05, 4.69) is 22.4 Å². The number of hydrogen-bond donors (Lipinski definition) is 1. The number of anilines is 1. The molecule has 17 heavy (non-hydrogen) atoms. The third-order valence-corrected chi connectivity index (χ3v) is 3.40. The molecule has 1 aromatic carbocycles. The summed E-state index contributed by atoms with van der Waals surface area (Å²) in [5, 5.41) is 12.4. The average molecular weight is 229 g/mol. The summed E-state index contributed by atoms with van der Waals surface area (Å²) >= 11 is 0. The monoisotopic (exact) mass is 229 g/mol. The molecule has 2 rings (SSSR count). The van der Waals surface area contributed by atoms with Gasteiger partial charge in [-0.3, -0.25) is 0 Å². The van der Waals surface area contributed by atoms with Gasteiger partial charge in [0.1, 0.15) is 6.07 Å².